The molecule has 88 valence electrons. The summed E-state index contributed by atoms with van der Waals surface area (Å²) < 4.78 is 9.10. The number of hydrogen-bond donors (Lipinski definition) is 2. The van der Waals surface area contributed by atoms with Crippen LogP contribution < -0.4 is 5.73 Å². The third-order valence-corrected chi connectivity index (χ3v) is 1.44. The molecule has 0 rings (SSSR count). The molecule has 0 aliphatic heterocycles. The van der Waals surface area contributed by atoms with E-state index in [1.54, 1.807) is 20.8 Å². The average Bonchev–Trinajstić information content (AvgIpc) is 2.09. The molecule has 0 aliphatic carbocycles. The van der Waals surface area contributed by atoms with Crippen LogP contribution in [0.25, 0.3) is 0 Å². The molecule has 0 fully saturated rings. The maximum absolute atomic E-state index is 11.2. The van der Waals surface area contributed by atoms with E-state index in [0.717, 1.165) is 0 Å². The monoisotopic (exact) mass is 219 g/mol. The van der Waals surface area contributed by atoms with E-state index in [1.165, 1.54) is 0 Å². The number of amides is 1. The highest BCUT2D eigenvalue weighted by molar-refractivity contribution is 5.75. The normalized spacial score (nSPS) is 13.1. The molecule has 0 bridgehead atoms. The number of ether oxygens (including phenoxy) is 2. The maximum Gasteiger partial charge on any atom is 0.404 e. The van der Waals surface area contributed by atoms with Gasteiger partial charge >= 0.3 is 12.1 Å². The van der Waals surface area contributed by atoms with E-state index in [2.05, 4.69) is 10.5 Å². The summed E-state index contributed by atoms with van der Waals surface area (Å²) in [5.41, 5.74) is 4.07. The number of carbonyl (C=O) groups excluding carboxylic acids is 2. The molecule has 0 radical (unpaired) electrons. The first kappa shape index (κ1) is 13.7. The summed E-state index contributed by atoms with van der Waals surface area (Å²) in [7, 11) is 0. The summed E-state index contributed by atoms with van der Waals surface area (Å²) >= 11 is 0. The number of aliphatic hydroxyl groups excluding tert-OH is 1. The number of esters is 1. The highest BCUT2D eigenvalue weighted by Gasteiger charge is 2.23. The molecular weight excluding hydrogens is 202 g/mol. The van der Waals surface area contributed by atoms with Crippen LogP contribution in [-0.4, -0.2) is 36.5 Å². The fourth-order valence-corrected chi connectivity index (χ4v) is 0.615. The maximum atomic E-state index is 11.2. The van der Waals surface area contributed by atoms with E-state index in [-0.39, 0.29) is 13.2 Å². The Morgan fingerprint density at radius 3 is 2.13 bits per heavy atom. The molecule has 0 spiro atoms. The first-order valence-corrected chi connectivity index (χ1v) is 4.51. The Kier molecular flexibility index (Phi) is 5.07. The Labute approximate surface area is 88.3 Å². The molecule has 0 saturated heterocycles. The zero-order valence-corrected chi connectivity index (χ0v) is 9.15. The third kappa shape index (κ3) is 6.73. The number of rotatable bonds is 4. The largest absolute Gasteiger partial charge is 0.462 e. The van der Waals surface area contributed by atoms with Crippen LogP contribution in [0.2, 0.25) is 0 Å². The molecule has 0 aliphatic rings. The van der Waals surface area contributed by atoms with Gasteiger partial charge in [-0.25, -0.2) is 4.79 Å². The minimum absolute atomic E-state index is 0.219. The minimum atomic E-state index is -1.05. The van der Waals surface area contributed by atoms with Crippen molar-refractivity contribution in [2.45, 2.75) is 26.9 Å². The highest BCUT2D eigenvalue weighted by atomic mass is 16.6. The van der Waals surface area contributed by atoms with Gasteiger partial charge in [0.2, 0.25) is 0 Å². The van der Waals surface area contributed by atoms with Crippen molar-refractivity contribution >= 4 is 12.1 Å². The predicted octanol–water partition coefficient (Wildman–Crippen LogP) is 0.0319. The van der Waals surface area contributed by atoms with Gasteiger partial charge in [-0.15, -0.1) is 0 Å². The number of carbonyl (C=O) groups is 2. The van der Waals surface area contributed by atoms with E-state index in [9.17, 15) is 14.7 Å². The lowest BCUT2D eigenvalue weighted by Gasteiger charge is -2.18. The zero-order valence-electron chi connectivity index (χ0n) is 9.15. The predicted molar refractivity (Wildman–Crippen MR) is 52.0 cm³/mol. The molecule has 6 nitrogen and oxygen atoms in total. The molecule has 0 aromatic heterocycles. The second-order valence-electron chi connectivity index (χ2n) is 4.13. The smallest absolute Gasteiger partial charge is 0.404 e. The number of primary amides is 1. The third-order valence-electron chi connectivity index (χ3n) is 1.44. The van der Waals surface area contributed by atoms with E-state index in [1.807, 2.05) is 0 Å². The van der Waals surface area contributed by atoms with Crippen molar-refractivity contribution in [2.75, 3.05) is 13.2 Å². The van der Waals surface area contributed by atoms with Gasteiger partial charge in [0.05, 0.1) is 5.41 Å². The summed E-state index contributed by atoms with van der Waals surface area (Å²) in [6, 6.07) is 0. The fraction of sp³-hybridized carbons (Fsp3) is 0.778. The van der Waals surface area contributed by atoms with Gasteiger partial charge in [-0.3, -0.25) is 4.79 Å². The standard InChI is InChI=1S/C9H17NO5/c1-9(2,3)7(12)14-4-6(11)5-15-8(10)13/h6,11H,4-5H2,1-3H3,(H2,10,13). The van der Waals surface area contributed by atoms with Crippen molar-refractivity contribution in [1.82, 2.24) is 0 Å². The lowest BCUT2D eigenvalue weighted by atomic mass is 9.97. The van der Waals surface area contributed by atoms with Crippen LogP contribution in [0.5, 0.6) is 0 Å². The van der Waals surface area contributed by atoms with Gasteiger partial charge in [-0.1, -0.05) is 0 Å². The molecule has 6 heteroatoms. The lowest BCUT2D eigenvalue weighted by Crippen LogP contribution is -2.30. The van der Waals surface area contributed by atoms with Gasteiger partial charge in [-0.05, 0) is 20.8 Å². The average molecular weight is 219 g/mol. The topological polar surface area (TPSA) is 98.8 Å². The van der Waals surface area contributed by atoms with Crippen molar-refractivity contribution in [3.8, 4) is 0 Å². The van der Waals surface area contributed by atoms with Crippen LogP contribution in [0.3, 0.4) is 0 Å². The number of nitrogens with two attached hydrogens (primary N) is 1. The Morgan fingerprint density at radius 2 is 1.73 bits per heavy atom. The summed E-state index contributed by atoms with van der Waals surface area (Å²) in [5, 5.41) is 9.20. The lowest BCUT2D eigenvalue weighted by molar-refractivity contribution is -0.156. The van der Waals surface area contributed by atoms with Crippen molar-refractivity contribution in [2.24, 2.45) is 11.1 Å². The van der Waals surface area contributed by atoms with Crippen molar-refractivity contribution < 1.29 is 24.2 Å². The first-order chi connectivity index (χ1) is 6.73. The van der Waals surface area contributed by atoms with Gasteiger partial charge in [0.15, 0.2) is 0 Å². The van der Waals surface area contributed by atoms with Crippen LogP contribution >= 0.6 is 0 Å². The summed E-state index contributed by atoms with van der Waals surface area (Å²) in [5.74, 6) is -0.430. The van der Waals surface area contributed by atoms with Crippen molar-refractivity contribution in [3.63, 3.8) is 0 Å². The minimum Gasteiger partial charge on any atom is -0.462 e. The quantitative estimate of drug-likeness (QED) is 0.650. The molecule has 1 unspecified atom stereocenters. The second-order valence-corrected chi connectivity index (χ2v) is 4.13. The van der Waals surface area contributed by atoms with Crippen LogP contribution in [-0.2, 0) is 14.3 Å². The molecule has 0 heterocycles. The van der Waals surface area contributed by atoms with Gasteiger partial charge in [0.1, 0.15) is 19.3 Å². The van der Waals surface area contributed by atoms with Gasteiger partial charge in [0, 0.05) is 0 Å². The zero-order chi connectivity index (χ0) is 12.1. The molecule has 15 heavy (non-hydrogen) atoms. The number of hydrogen-bond acceptors (Lipinski definition) is 5. The highest BCUT2D eigenvalue weighted by Crippen LogP contribution is 2.15. The summed E-state index contributed by atoms with van der Waals surface area (Å²) in [4.78, 5) is 21.4. The van der Waals surface area contributed by atoms with Crippen LogP contribution in [0.4, 0.5) is 4.79 Å². The van der Waals surface area contributed by atoms with E-state index < -0.39 is 23.6 Å². The second kappa shape index (κ2) is 5.55. The van der Waals surface area contributed by atoms with E-state index in [0.29, 0.717) is 0 Å². The van der Waals surface area contributed by atoms with Crippen LogP contribution in [0.15, 0.2) is 0 Å². The Morgan fingerprint density at radius 1 is 1.27 bits per heavy atom. The summed E-state index contributed by atoms with van der Waals surface area (Å²) in [6.07, 6.45) is -2.03. The van der Waals surface area contributed by atoms with E-state index >= 15 is 0 Å². The van der Waals surface area contributed by atoms with Gasteiger partial charge in [0.25, 0.3) is 0 Å². The molecule has 0 aromatic carbocycles. The summed E-state index contributed by atoms with van der Waals surface area (Å²) in [6.45, 7) is 4.58. The van der Waals surface area contributed by atoms with Gasteiger partial charge < -0.3 is 20.3 Å². The number of aliphatic hydroxyl groups is 1. The Balaban J connectivity index is 3.76. The van der Waals surface area contributed by atoms with E-state index in [4.69, 9.17) is 4.74 Å². The molecule has 1 amide bonds. The molecule has 3 N–H and O–H groups in total. The van der Waals surface area contributed by atoms with Crippen LogP contribution in [0, 0.1) is 5.41 Å². The van der Waals surface area contributed by atoms with Crippen LogP contribution in [0.1, 0.15) is 20.8 Å². The Hall–Kier alpha value is -1.30. The Bertz CT molecular complexity index is 233. The van der Waals surface area contributed by atoms with Crippen molar-refractivity contribution in [1.29, 1.82) is 0 Å². The molecular formula is C9H17NO5. The molecule has 0 saturated carbocycles. The molecule has 1 atom stereocenters. The fourth-order valence-electron chi connectivity index (χ4n) is 0.615. The molecule has 0 aromatic rings. The van der Waals surface area contributed by atoms with Crippen molar-refractivity contribution in [3.05, 3.63) is 0 Å². The first-order valence-electron chi connectivity index (χ1n) is 4.51. The SMILES string of the molecule is CC(C)(C)C(=O)OCC(O)COC(N)=O. The van der Waals surface area contributed by atoms with Gasteiger partial charge in [-0.2, -0.15) is 0 Å².